The second-order valence-electron chi connectivity index (χ2n) is 5.32. The van der Waals surface area contributed by atoms with E-state index in [1.165, 1.54) is 6.07 Å². The molecule has 0 heterocycles. The Balaban J connectivity index is 1.98. The summed E-state index contributed by atoms with van der Waals surface area (Å²) in [5.41, 5.74) is -0.0240. The molecule has 0 aliphatic rings. The van der Waals surface area contributed by atoms with Crippen molar-refractivity contribution in [2.75, 3.05) is 18.9 Å². The van der Waals surface area contributed by atoms with Crippen molar-refractivity contribution < 1.29 is 27.3 Å². The van der Waals surface area contributed by atoms with Crippen LogP contribution >= 0.6 is 15.9 Å². The SMILES string of the molecule is C[NH+](CC(=O)Nc1ccc(F)c(F)c1F)Cc1ccc(Br)cc1F. The zero-order valence-electron chi connectivity index (χ0n) is 12.6. The van der Waals surface area contributed by atoms with Gasteiger partial charge in [0, 0.05) is 10.0 Å². The summed E-state index contributed by atoms with van der Waals surface area (Å²) in [5, 5.41) is 2.18. The third kappa shape index (κ3) is 4.55. The van der Waals surface area contributed by atoms with Gasteiger partial charge in [0.05, 0.1) is 12.7 Å². The molecule has 2 aromatic carbocycles. The molecule has 8 heteroatoms. The van der Waals surface area contributed by atoms with Gasteiger partial charge in [-0.25, -0.2) is 17.6 Å². The first-order valence-corrected chi connectivity index (χ1v) is 7.75. The van der Waals surface area contributed by atoms with Crippen LogP contribution in [0, 0.1) is 23.3 Å². The number of benzene rings is 2. The standard InChI is InChI=1S/C16H13BrF4N2O/c1-23(7-9-2-3-10(17)6-12(9)19)8-14(24)22-13-5-4-11(18)15(20)16(13)21/h2-6H,7-8H2,1H3,(H,22,24)/p+1. The largest absolute Gasteiger partial charge is 0.326 e. The summed E-state index contributed by atoms with van der Waals surface area (Å²) in [6, 6.07) is 6.26. The molecule has 2 rings (SSSR count). The van der Waals surface area contributed by atoms with E-state index in [-0.39, 0.29) is 13.1 Å². The molecular weight excluding hydrogens is 392 g/mol. The van der Waals surface area contributed by atoms with Crippen LogP contribution < -0.4 is 10.2 Å². The third-order valence-corrected chi connectivity index (χ3v) is 3.77. The van der Waals surface area contributed by atoms with Crippen molar-refractivity contribution in [3.8, 4) is 0 Å². The molecule has 1 amide bonds. The maximum Gasteiger partial charge on any atom is 0.279 e. The van der Waals surface area contributed by atoms with Gasteiger partial charge in [-0.05, 0) is 30.3 Å². The number of carbonyl (C=O) groups is 1. The van der Waals surface area contributed by atoms with Gasteiger partial charge >= 0.3 is 0 Å². The summed E-state index contributed by atoms with van der Waals surface area (Å²) in [4.78, 5) is 12.5. The van der Waals surface area contributed by atoms with Crippen LogP contribution in [0.2, 0.25) is 0 Å². The van der Waals surface area contributed by atoms with E-state index in [0.29, 0.717) is 14.9 Å². The maximum atomic E-state index is 13.8. The predicted octanol–water partition coefficient (Wildman–Crippen LogP) is 2.66. The Morgan fingerprint density at radius 3 is 2.46 bits per heavy atom. The van der Waals surface area contributed by atoms with Crippen LogP contribution in [-0.2, 0) is 11.3 Å². The summed E-state index contributed by atoms with van der Waals surface area (Å²) in [7, 11) is 1.66. The first kappa shape index (κ1) is 18.4. The minimum atomic E-state index is -1.65. The van der Waals surface area contributed by atoms with Gasteiger partial charge in [-0.1, -0.05) is 15.9 Å². The fourth-order valence-corrected chi connectivity index (χ4v) is 2.48. The lowest BCUT2D eigenvalue weighted by Crippen LogP contribution is -3.08. The number of carbonyl (C=O) groups excluding carboxylic acids is 1. The molecule has 0 fully saturated rings. The summed E-state index contributed by atoms with van der Waals surface area (Å²) >= 11 is 3.15. The number of halogens is 5. The molecule has 0 saturated carbocycles. The average molecular weight is 406 g/mol. The normalized spacial score (nSPS) is 12.1. The van der Waals surface area contributed by atoms with Crippen LogP contribution in [0.4, 0.5) is 23.2 Å². The lowest BCUT2D eigenvalue weighted by molar-refractivity contribution is -0.885. The number of nitrogens with one attached hydrogen (secondary N) is 2. The Hall–Kier alpha value is -1.93. The van der Waals surface area contributed by atoms with E-state index in [2.05, 4.69) is 21.2 Å². The quantitative estimate of drug-likeness (QED) is 0.581. The third-order valence-electron chi connectivity index (χ3n) is 3.28. The molecule has 0 aliphatic carbocycles. The Morgan fingerprint density at radius 1 is 1.08 bits per heavy atom. The Morgan fingerprint density at radius 2 is 1.79 bits per heavy atom. The second-order valence-corrected chi connectivity index (χ2v) is 6.23. The highest BCUT2D eigenvalue weighted by Crippen LogP contribution is 2.19. The molecule has 0 saturated heterocycles. The zero-order chi connectivity index (χ0) is 17.9. The van der Waals surface area contributed by atoms with E-state index in [9.17, 15) is 22.4 Å². The van der Waals surface area contributed by atoms with Crippen LogP contribution in [0.5, 0.6) is 0 Å². The van der Waals surface area contributed by atoms with Crippen molar-refractivity contribution in [2.24, 2.45) is 0 Å². The Bertz CT molecular complexity index is 770. The Kier molecular flexibility index (Phi) is 5.95. The highest BCUT2D eigenvalue weighted by molar-refractivity contribution is 9.10. The first-order valence-electron chi connectivity index (χ1n) is 6.96. The molecule has 0 aromatic heterocycles. The van der Waals surface area contributed by atoms with Gasteiger partial charge in [-0.15, -0.1) is 0 Å². The van der Waals surface area contributed by atoms with Gasteiger partial charge < -0.3 is 10.2 Å². The molecule has 2 aromatic rings. The van der Waals surface area contributed by atoms with E-state index in [0.717, 1.165) is 12.1 Å². The van der Waals surface area contributed by atoms with Gasteiger partial charge in [-0.3, -0.25) is 4.79 Å². The van der Waals surface area contributed by atoms with Gasteiger partial charge in [0.2, 0.25) is 0 Å². The lowest BCUT2D eigenvalue weighted by atomic mass is 10.2. The monoisotopic (exact) mass is 405 g/mol. The van der Waals surface area contributed by atoms with E-state index >= 15 is 0 Å². The average Bonchev–Trinajstić information content (AvgIpc) is 2.50. The van der Waals surface area contributed by atoms with E-state index in [4.69, 9.17) is 0 Å². The summed E-state index contributed by atoms with van der Waals surface area (Å²) in [6.07, 6.45) is 0. The molecule has 0 spiro atoms. The molecule has 1 atom stereocenters. The number of likely N-dealkylation sites (N-methyl/N-ethyl adjacent to an activating group) is 1. The van der Waals surface area contributed by atoms with Crippen LogP contribution in [0.25, 0.3) is 0 Å². The predicted molar refractivity (Wildman–Crippen MR) is 84.5 cm³/mol. The molecule has 3 nitrogen and oxygen atoms in total. The Labute approximate surface area is 144 Å². The van der Waals surface area contributed by atoms with Gasteiger partial charge in [0.25, 0.3) is 5.91 Å². The van der Waals surface area contributed by atoms with Crippen molar-refractivity contribution in [2.45, 2.75) is 6.54 Å². The van der Waals surface area contributed by atoms with Crippen molar-refractivity contribution in [3.05, 3.63) is 63.6 Å². The number of quaternary nitrogens is 1. The second kappa shape index (κ2) is 7.76. The van der Waals surface area contributed by atoms with Crippen molar-refractivity contribution >= 4 is 27.5 Å². The van der Waals surface area contributed by atoms with Crippen LogP contribution in [0.3, 0.4) is 0 Å². The highest BCUT2D eigenvalue weighted by Gasteiger charge is 2.18. The van der Waals surface area contributed by atoms with Crippen LogP contribution in [0.1, 0.15) is 5.56 Å². The van der Waals surface area contributed by atoms with Gasteiger partial charge in [0.15, 0.2) is 24.0 Å². The van der Waals surface area contributed by atoms with Crippen molar-refractivity contribution in [1.29, 1.82) is 0 Å². The molecule has 24 heavy (non-hydrogen) atoms. The first-order chi connectivity index (χ1) is 11.3. The maximum absolute atomic E-state index is 13.8. The molecule has 2 N–H and O–H groups in total. The van der Waals surface area contributed by atoms with E-state index in [1.54, 1.807) is 19.2 Å². The smallest absolute Gasteiger partial charge is 0.279 e. The minimum absolute atomic E-state index is 0.103. The molecule has 0 aliphatic heterocycles. The number of anilines is 1. The van der Waals surface area contributed by atoms with Gasteiger partial charge in [-0.2, -0.15) is 0 Å². The zero-order valence-corrected chi connectivity index (χ0v) is 14.2. The summed E-state index contributed by atoms with van der Waals surface area (Å²) in [6.45, 7) is 0.126. The fraction of sp³-hybridized carbons (Fsp3) is 0.188. The number of hydrogen-bond donors (Lipinski definition) is 2. The van der Waals surface area contributed by atoms with Crippen LogP contribution in [0.15, 0.2) is 34.8 Å². The highest BCUT2D eigenvalue weighted by atomic mass is 79.9. The molecular formula is C16H14BrF4N2O+. The molecule has 1 unspecified atom stereocenters. The molecule has 0 bridgehead atoms. The van der Waals surface area contributed by atoms with Crippen molar-refractivity contribution in [1.82, 2.24) is 0 Å². The van der Waals surface area contributed by atoms with Gasteiger partial charge in [0.1, 0.15) is 12.4 Å². The molecule has 0 radical (unpaired) electrons. The van der Waals surface area contributed by atoms with E-state index in [1.807, 2.05) is 0 Å². The van der Waals surface area contributed by atoms with Crippen LogP contribution in [-0.4, -0.2) is 19.5 Å². The lowest BCUT2D eigenvalue weighted by Gasteiger charge is -2.15. The number of amides is 1. The minimum Gasteiger partial charge on any atom is -0.326 e. The van der Waals surface area contributed by atoms with E-state index < -0.39 is 34.9 Å². The van der Waals surface area contributed by atoms with Crippen molar-refractivity contribution in [3.63, 3.8) is 0 Å². The number of rotatable bonds is 5. The summed E-state index contributed by atoms with van der Waals surface area (Å²) < 4.78 is 53.8. The fourth-order valence-electron chi connectivity index (χ4n) is 2.14. The molecule has 128 valence electrons. The topological polar surface area (TPSA) is 33.5 Å². The summed E-state index contributed by atoms with van der Waals surface area (Å²) in [5.74, 6) is -5.45. The number of hydrogen-bond acceptors (Lipinski definition) is 1.